The van der Waals surface area contributed by atoms with Gasteiger partial charge in [-0.05, 0) is 110 Å². The van der Waals surface area contributed by atoms with Crippen LogP contribution in [-0.4, -0.2) is 16.0 Å². The lowest BCUT2D eigenvalue weighted by molar-refractivity contribution is -0.123. The van der Waals surface area contributed by atoms with E-state index in [2.05, 4.69) is 51.3 Å². The van der Waals surface area contributed by atoms with Gasteiger partial charge < -0.3 is 4.74 Å². The summed E-state index contributed by atoms with van der Waals surface area (Å²) in [5.74, 6) is 0.0178. The van der Waals surface area contributed by atoms with Gasteiger partial charge in [-0.15, -0.1) is 0 Å². The van der Waals surface area contributed by atoms with Crippen LogP contribution >= 0.6 is 56.9 Å². The Hall–Kier alpha value is -2.43. The molecule has 1 aliphatic rings. The number of amides is 2. The number of hydrogen-bond acceptors (Lipinski definition) is 5. The van der Waals surface area contributed by atoms with E-state index in [0.29, 0.717) is 28.4 Å². The molecule has 4 rings (SSSR count). The minimum atomic E-state index is -0.385. The molecule has 0 saturated carbocycles. The Kier molecular flexibility index (Phi) is 7.90. The maximum atomic E-state index is 13.1. The second-order valence-electron chi connectivity index (χ2n) is 7.27. The average molecular weight is 696 g/mol. The number of benzene rings is 3. The van der Waals surface area contributed by atoms with Gasteiger partial charge in [0.2, 0.25) is 0 Å². The van der Waals surface area contributed by atoms with Crippen molar-refractivity contribution in [1.29, 1.82) is 5.26 Å². The van der Waals surface area contributed by atoms with E-state index in [1.54, 1.807) is 42.5 Å². The molecular weight excluding hydrogens is 681 g/mol. The first-order valence-electron chi connectivity index (χ1n) is 9.95. The molecule has 0 radical (unpaired) electrons. The normalized spacial score (nSPS) is 14.5. The van der Waals surface area contributed by atoms with E-state index in [1.807, 2.05) is 12.1 Å². The monoisotopic (exact) mass is 696 g/mol. The molecule has 2 amide bonds. The number of nitrogens with zero attached hydrogens (tertiary/aromatic N) is 2. The topological polar surface area (TPSA) is 70.4 Å². The molecule has 34 heavy (non-hydrogen) atoms. The molecule has 0 spiro atoms. The lowest BCUT2D eigenvalue weighted by atomic mass is 10.1. The van der Waals surface area contributed by atoms with Gasteiger partial charge in [-0.1, -0.05) is 30.3 Å². The van der Waals surface area contributed by atoms with Gasteiger partial charge in [0, 0.05) is 0 Å². The largest absolute Gasteiger partial charge is 0.487 e. The van der Waals surface area contributed by atoms with E-state index in [9.17, 15) is 19.2 Å². The van der Waals surface area contributed by atoms with Gasteiger partial charge in [-0.25, -0.2) is 4.39 Å². The molecular formula is C25H15FI2N2O3S. The van der Waals surface area contributed by atoms with E-state index < -0.39 is 0 Å². The zero-order valence-electron chi connectivity index (χ0n) is 17.4. The highest BCUT2D eigenvalue weighted by atomic mass is 127. The second-order valence-corrected chi connectivity index (χ2v) is 10.6. The molecule has 1 fully saturated rings. The highest BCUT2D eigenvalue weighted by Crippen LogP contribution is 2.36. The molecule has 1 heterocycles. The molecule has 0 unspecified atom stereocenters. The van der Waals surface area contributed by atoms with Crippen molar-refractivity contribution in [3.8, 4) is 11.8 Å². The van der Waals surface area contributed by atoms with Gasteiger partial charge in [-0.2, -0.15) is 5.26 Å². The third kappa shape index (κ3) is 5.61. The van der Waals surface area contributed by atoms with E-state index in [0.717, 1.165) is 34.9 Å². The number of halogens is 3. The molecule has 3 aromatic carbocycles. The van der Waals surface area contributed by atoms with E-state index in [4.69, 9.17) is 4.74 Å². The smallest absolute Gasteiger partial charge is 0.293 e. The molecule has 0 aromatic heterocycles. The standard InChI is InChI=1S/C25H15FI2N2O3S/c26-19-7-5-15(6-8-19)14-33-23-20(27)9-16(10-21(23)28)11-22-24(31)30(25(32)34-22)13-18-4-2-1-3-17(18)12-29/h1-11H,13-14H2/b22-11+. The fraction of sp³-hybridized carbons (Fsp3) is 0.0800. The Labute approximate surface area is 227 Å². The van der Waals surface area contributed by atoms with E-state index >= 15 is 0 Å². The minimum absolute atomic E-state index is 0.0526. The van der Waals surface area contributed by atoms with Gasteiger partial charge in [0.25, 0.3) is 11.1 Å². The number of ether oxygens (including phenoxy) is 1. The quantitative estimate of drug-likeness (QED) is 0.212. The first-order valence-corrected chi connectivity index (χ1v) is 12.9. The summed E-state index contributed by atoms with van der Waals surface area (Å²) < 4.78 is 20.7. The van der Waals surface area contributed by atoms with Gasteiger partial charge in [0.1, 0.15) is 18.2 Å². The number of hydrogen-bond donors (Lipinski definition) is 0. The highest BCUT2D eigenvalue weighted by Gasteiger charge is 2.35. The summed E-state index contributed by atoms with van der Waals surface area (Å²) in [6.45, 7) is 0.353. The first-order chi connectivity index (χ1) is 16.4. The van der Waals surface area contributed by atoms with Gasteiger partial charge >= 0.3 is 0 Å². The molecule has 1 aliphatic heterocycles. The predicted molar refractivity (Wildman–Crippen MR) is 145 cm³/mol. The zero-order chi connectivity index (χ0) is 24.2. The average Bonchev–Trinajstić information content (AvgIpc) is 3.07. The zero-order valence-corrected chi connectivity index (χ0v) is 22.6. The lowest BCUT2D eigenvalue weighted by Gasteiger charge is -2.13. The third-order valence-electron chi connectivity index (χ3n) is 4.95. The molecule has 0 N–H and O–H groups in total. The fourth-order valence-electron chi connectivity index (χ4n) is 3.26. The Bertz CT molecular complexity index is 1330. The van der Waals surface area contributed by atoms with Crippen LogP contribution in [0.4, 0.5) is 9.18 Å². The van der Waals surface area contributed by atoms with Crippen molar-refractivity contribution >= 4 is 74.2 Å². The molecule has 0 aliphatic carbocycles. The van der Waals surface area contributed by atoms with Crippen molar-refractivity contribution in [2.75, 3.05) is 0 Å². The van der Waals surface area contributed by atoms with Gasteiger partial charge in [-0.3, -0.25) is 14.5 Å². The fourth-order valence-corrected chi connectivity index (χ4v) is 6.23. The number of imide groups is 1. The van der Waals surface area contributed by atoms with Crippen LogP contribution in [0.5, 0.6) is 5.75 Å². The summed E-state index contributed by atoms with van der Waals surface area (Å²) >= 11 is 5.21. The lowest BCUT2D eigenvalue weighted by Crippen LogP contribution is -2.27. The van der Waals surface area contributed by atoms with Crippen molar-refractivity contribution in [3.63, 3.8) is 0 Å². The number of carbonyl (C=O) groups is 2. The summed E-state index contributed by atoms with van der Waals surface area (Å²) in [5, 5.41) is 8.91. The molecule has 3 aromatic rings. The van der Waals surface area contributed by atoms with Crippen LogP contribution < -0.4 is 4.74 Å². The number of thioether (sulfide) groups is 1. The Morgan fingerprint density at radius 3 is 2.41 bits per heavy atom. The van der Waals surface area contributed by atoms with Crippen LogP contribution in [-0.2, 0) is 17.9 Å². The SMILES string of the molecule is N#Cc1ccccc1CN1C(=O)S/C(=C/c2cc(I)c(OCc3ccc(F)cc3)c(I)c2)C1=O. The summed E-state index contributed by atoms with van der Waals surface area (Å²) in [7, 11) is 0. The van der Waals surface area contributed by atoms with Crippen molar-refractivity contribution in [1.82, 2.24) is 4.90 Å². The summed E-state index contributed by atoms with van der Waals surface area (Å²) in [5.41, 5.74) is 2.68. The molecule has 170 valence electrons. The van der Waals surface area contributed by atoms with E-state index in [-0.39, 0.29) is 23.5 Å². The van der Waals surface area contributed by atoms with Crippen molar-refractivity contribution in [2.45, 2.75) is 13.2 Å². The Morgan fingerprint density at radius 1 is 1.06 bits per heavy atom. The number of carbonyl (C=O) groups excluding carboxylic acids is 2. The van der Waals surface area contributed by atoms with Crippen LogP contribution in [0, 0.1) is 24.3 Å². The van der Waals surface area contributed by atoms with Crippen LogP contribution in [0.15, 0.2) is 65.6 Å². The molecule has 5 nitrogen and oxygen atoms in total. The van der Waals surface area contributed by atoms with Gasteiger partial charge in [0.15, 0.2) is 0 Å². The second kappa shape index (κ2) is 10.9. The van der Waals surface area contributed by atoms with Crippen molar-refractivity contribution in [3.05, 3.63) is 101 Å². The van der Waals surface area contributed by atoms with Crippen LogP contribution in [0.1, 0.15) is 22.3 Å². The van der Waals surface area contributed by atoms with Crippen LogP contribution in [0.3, 0.4) is 0 Å². The summed E-state index contributed by atoms with van der Waals surface area (Å²) in [6, 6.07) is 18.9. The summed E-state index contributed by atoms with van der Waals surface area (Å²) in [6.07, 6.45) is 1.69. The maximum Gasteiger partial charge on any atom is 0.293 e. The third-order valence-corrected chi connectivity index (χ3v) is 7.46. The Balaban J connectivity index is 1.51. The van der Waals surface area contributed by atoms with Crippen molar-refractivity contribution in [2.24, 2.45) is 0 Å². The molecule has 0 atom stereocenters. The van der Waals surface area contributed by atoms with Crippen LogP contribution in [0.25, 0.3) is 6.08 Å². The Morgan fingerprint density at radius 2 is 1.74 bits per heavy atom. The first kappa shape index (κ1) is 24.7. The molecule has 0 bridgehead atoms. The minimum Gasteiger partial charge on any atom is -0.487 e. The predicted octanol–water partition coefficient (Wildman–Crippen LogP) is 6.72. The maximum absolute atomic E-state index is 13.1. The molecule has 9 heteroatoms. The highest BCUT2D eigenvalue weighted by molar-refractivity contribution is 14.1. The van der Waals surface area contributed by atoms with Crippen LogP contribution in [0.2, 0.25) is 0 Å². The van der Waals surface area contributed by atoms with Gasteiger partial charge in [0.05, 0.1) is 30.2 Å². The summed E-state index contributed by atoms with van der Waals surface area (Å²) in [4.78, 5) is 26.9. The number of rotatable bonds is 6. The molecule has 1 saturated heterocycles. The van der Waals surface area contributed by atoms with Crippen molar-refractivity contribution < 1.29 is 18.7 Å². The number of nitriles is 1. The van der Waals surface area contributed by atoms with E-state index in [1.165, 1.54) is 12.1 Å².